The molecule has 3 aliphatic rings. The summed E-state index contributed by atoms with van der Waals surface area (Å²) in [5, 5.41) is 3.73. The third kappa shape index (κ3) is 6.22. The molecule has 0 saturated carbocycles. The van der Waals surface area contributed by atoms with Crippen molar-refractivity contribution in [3.05, 3.63) is 70.6 Å². The van der Waals surface area contributed by atoms with E-state index in [1.165, 1.54) is 25.1 Å². The number of methoxy groups -OCH3 is 1. The molecule has 40 heavy (non-hydrogen) atoms. The highest BCUT2D eigenvalue weighted by molar-refractivity contribution is 8.05. The van der Waals surface area contributed by atoms with Gasteiger partial charge < -0.3 is 29.4 Å². The molecule has 3 atom stereocenters. The van der Waals surface area contributed by atoms with Crippen molar-refractivity contribution in [1.29, 1.82) is 0 Å². The molecule has 2 aromatic carbocycles. The molecular weight excluding hydrogens is 544 g/mol. The molecule has 2 saturated heterocycles. The molecule has 6 rings (SSSR count). The second-order valence-corrected chi connectivity index (χ2v) is 12.6. The molecular formula is C30H36N4O4S2. The molecule has 1 aromatic heterocycles. The molecule has 212 valence electrons. The average molecular weight is 581 g/mol. The van der Waals surface area contributed by atoms with E-state index >= 15 is 0 Å². The zero-order valence-corrected chi connectivity index (χ0v) is 24.6. The Morgan fingerprint density at radius 3 is 2.88 bits per heavy atom. The number of ether oxygens (including phenoxy) is 3. The molecule has 4 heterocycles. The zero-order chi connectivity index (χ0) is 27.5. The molecule has 3 aromatic rings. The number of rotatable bonds is 8. The second kappa shape index (κ2) is 12.6. The predicted molar refractivity (Wildman–Crippen MR) is 160 cm³/mol. The minimum absolute atomic E-state index is 0.0593. The summed E-state index contributed by atoms with van der Waals surface area (Å²) in [7, 11) is 1.76. The maximum absolute atomic E-state index is 11.9. The summed E-state index contributed by atoms with van der Waals surface area (Å²) in [6.07, 6.45) is 1.65. The summed E-state index contributed by atoms with van der Waals surface area (Å²) >= 11 is 3.64. The lowest BCUT2D eigenvalue weighted by Crippen LogP contribution is -2.49. The van der Waals surface area contributed by atoms with E-state index in [-0.39, 0.29) is 17.7 Å². The van der Waals surface area contributed by atoms with Crippen LogP contribution in [0.1, 0.15) is 18.6 Å². The van der Waals surface area contributed by atoms with Crippen molar-refractivity contribution in [3.63, 3.8) is 0 Å². The van der Waals surface area contributed by atoms with Crippen LogP contribution in [-0.2, 0) is 14.2 Å². The van der Waals surface area contributed by atoms with Crippen LogP contribution in [0.15, 0.2) is 79.1 Å². The first-order chi connectivity index (χ1) is 19.6. The number of hydrogen-bond donors (Lipinski definition) is 2. The summed E-state index contributed by atoms with van der Waals surface area (Å²) in [6, 6.07) is 17.4. The van der Waals surface area contributed by atoms with Gasteiger partial charge in [-0.1, -0.05) is 35.7 Å². The van der Waals surface area contributed by atoms with Crippen LogP contribution < -0.4 is 15.8 Å². The summed E-state index contributed by atoms with van der Waals surface area (Å²) < 4.78 is 17.5. The third-order valence-electron chi connectivity index (χ3n) is 7.62. The Balaban J connectivity index is 1.17. The fourth-order valence-electron chi connectivity index (χ4n) is 5.56. The topological polar surface area (TPSA) is 79.1 Å². The van der Waals surface area contributed by atoms with Gasteiger partial charge in [0.15, 0.2) is 0 Å². The van der Waals surface area contributed by atoms with Crippen LogP contribution in [0.3, 0.4) is 0 Å². The number of pyridine rings is 1. The summed E-state index contributed by atoms with van der Waals surface area (Å²) in [6.45, 7) is 8.40. The molecule has 3 unspecified atom stereocenters. The number of aromatic amines is 1. The van der Waals surface area contributed by atoms with E-state index < -0.39 is 0 Å². The van der Waals surface area contributed by atoms with Gasteiger partial charge in [0.05, 0.1) is 32.5 Å². The van der Waals surface area contributed by atoms with Crippen LogP contribution >= 0.6 is 23.5 Å². The van der Waals surface area contributed by atoms with Crippen molar-refractivity contribution in [2.75, 3.05) is 69.9 Å². The smallest absolute Gasteiger partial charge is 0.249 e. The lowest BCUT2D eigenvalue weighted by atomic mass is 10.1. The van der Waals surface area contributed by atoms with Crippen molar-refractivity contribution < 1.29 is 14.2 Å². The average Bonchev–Trinajstić information content (AvgIpc) is 2.97. The Bertz CT molecular complexity index is 1390. The minimum atomic E-state index is -0.0840. The summed E-state index contributed by atoms with van der Waals surface area (Å²) in [5.74, 6) is 0. The van der Waals surface area contributed by atoms with Crippen molar-refractivity contribution in [3.8, 4) is 0 Å². The van der Waals surface area contributed by atoms with Gasteiger partial charge >= 0.3 is 0 Å². The number of nitrogens with one attached hydrogen (secondary N) is 2. The van der Waals surface area contributed by atoms with Gasteiger partial charge in [-0.25, -0.2) is 0 Å². The van der Waals surface area contributed by atoms with E-state index in [2.05, 4.69) is 63.4 Å². The standard InChI is InChI=1S/C30H36N4O4S2/c1-20-18-37-12-10-33(20)16-22(19-36-2)32-21-6-7-26-28(14-21)39-27-5-3-4-24(30(27)40-26)25-17-34(11-13-38-25)23-8-9-31-29(35)15-23/h3-9,14-15,20,22,25,32H,10-13,16-19H2,1-2H3,(H,31,35). The first-order valence-electron chi connectivity index (χ1n) is 13.8. The molecule has 0 spiro atoms. The van der Waals surface area contributed by atoms with Crippen LogP contribution in [0.4, 0.5) is 11.4 Å². The van der Waals surface area contributed by atoms with E-state index in [0.717, 1.165) is 44.2 Å². The van der Waals surface area contributed by atoms with Crippen molar-refractivity contribution >= 4 is 34.9 Å². The van der Waals surface area contributed by atoms with E-state index in [1.54, 1.807) is 19.4 Å². The quantitative estimate of drug-likeness (QED) is 0.308. The SMILES string of the molecule is COCC(CN1CCOCC1C)Nc1ccc2c(c1)Sc1cccc(C3CN(c4cc[nH]c(=O)c4)CCO3)c1S2. The third-order valence-corrected chi connectivity index (χ3v) is 10.2. The number of nitrogens with zero attached hydrogens (tertiary/aromatic N) is 2. The molecule has 0 radical (unpaired) electrons. The fraction of sp³-hybridized carbons (Fsp3) is 0.433. The van der Waals surface area contributed by atoms with Gasteiger partial charge in [-0.05, 0) is 42.8 Å². The number of morpholine rings is 2. The van der Waals surface area contributed by atoms with E-state index in [4.69, 9.17) is 14.2 Å². The highest BCUT2D eigenvalue weighted by Gasteiger charge is 2.29. The zero-order valence-electron chi connectivity index (χ0n) is 22.9. The number of fused-ring (bicyclic) bond motifs is 2. The molecule has 8 nitrogen and oxygen atoms in total. The van der Waals surface area contributed by atoms with E-state index in [1.807, 2.05) is 29.6 Å². The number of benzene rings is 2. The van der Waals surface area contributed by atoms with Crippen LogP contribution in [0.25, 0.3) is 0 Å². The first-order valence-corrected chi connectivity index (χ1v) is 15.5. The fourth-order valence-corrected chi connectivity index (χ4v) is 8.01. The van der Waals surface area contributed by atoms with Crippen LogP contribution in [0.2, 0.25) is 0 Å². The van der Waals surface area contributed by atoms with Gasteiger partial charge in [-0.15, -0.1) is 0 Å². The lowest BCUT2D eigenvalue weighted by Gasteiger charge is -2.36. The van der Waals surface area contributed by atoms with Crippen molar-refractivity contribution in [2.45, 2.75) is 44.7 Å². The first kappa shape index (κ1) is 27.7. The molecule has 2 N–H and O–H groups in total. The summed E-state index contributed by atoms with van der Waals surface area (Å²) in [4.78, 5) is 24.3. The molecule has 0 amide bonds. The maximum Gasteiger partial charge on any atom is 0.249 e. The normalized spacial score (nSPS) is 21.9. The predicted octanol–water partition coefficient (Wildman–Crippen LogP) is 4.72. The van der Waals surface area contributed by atoms with Crippen molar-refractivity contribution in [2.24, 2.45) is 0 Å². The van der Waals surface area contributed by atoms with Crippen LogP contribution in [0.5, 0.6) is 0 Å². The van der Waals surface area contributed by atoms with Crippen LogP contribution in [0, 0.1) is 0 Å². The Kier molecular flexibility index (Phi) is 8.71. The Morgan fingerprint density at radius 2 is 2.02 bits per heavy atom. The Morgan fingerprint density at radius 1 is 1.10 bits per heavy atom. The van der Waals surface area contributed by atoms with E-state index in [0.29, 0.717) is 25.8 Å². The highest BCUT2D eigenvalue weighted by atomic mass is 32.2. The molecule has 0 bridgehead atoms. The minimum Gasteiger partial charge on any atom is -0.383 e. The molecule has 2 fully saturated rings. The van der Waals surface area contributed by atoms with Crippen LogP contribution in [-0.4, -0.2) is 81.7 Å². The van der Waals surface area contributed by atoms with Gasteiger partial charge in [0.1, 0.15) is 6.10 Å². The molecule has 0 aliphatic carbocycles. The molecule has 3 aliphatic heterocycles. The monoisotopic (exact) mass is 580 g/mol. The van der Waals surface area contributed by atoms with Gasteiger partial charge in [-0.2, -0.15) is 0 Å². The van der Waals surface area contributed by atoms with Gasteiger partial charge in [0, 0.05) is 82.6 Å². The number of anilines is 2. The van der Waals surface area contributed by atoms with Gasteiger partial charge in [-0.3, -0.25) is 9.69 Å². The number of hydrogen-bond acceptors (Lipinski definition) is 9. The van der Waals surface area contributed by atoms with Gasteiger partial charge in [0.2, 0.25) is 5.56 Å². The molecule has 10 heteroatoms. The number of H-pyrrole nitrogens is 1. The van der Waals surface area contributed by atoms with E-state index in [9.17, 15) is 4.79 Å². The second-order valence-electron chi connectivity index (χ2n) is 10.5. The maximum atomic E-state index is 11.9. The van der Waals surface area contributed by atoms with Crippen molar-refractivity contribution in [1.82, 2.24) is 9.88 Å². The number of aromatic nitrogens is 1. The summed E-state index contributed by atoms with van der Waals surface area (Å²) in [5.41, 5.74) is 3.17. The largest absolute Gasteiger partial charge is 0.383 e. The lowest BCUT2D eigenvalue weighted by molar-refractivity contribution is -0.00507. The highest BCUT2D eigenvalue weighted by Crippen LogP contribution is 2.51. The van der Waals surface area contributed by atoms with Gasteiger partial charge in [0.25, 0.3) is 0 Å². The Labute approximate surface area is 243 Å². The Hall–Kier alpha value is -2.47.